The summed E-state index contributed by atoms with van der Waals surface area (Å²) in [6, 6.07) is 6.65. The van der Waals surface area contributed by atoms with Crippen LogP contribution in [0.5, 0.6) is 0 Å². The molecule has 0 aliphatic heterocycles. The summed E-state index contributed by atoms with van der Waals surface area (Å²) < 4.78 is 10.4. The monoisotopic (exact) mass is 243 g/mol. The van der Waals surface area contributed by atoms with Gasteiger partial charge in [0.05, 0.1) is 17.5 Å². The van der Waals surface area contributed by atoms with Gasteiger partial charge in [-0.05, 0) is 19.1 Å². The highest BCUT2D eigenvalue weighted by atomic mass is 16.5. The van der Waals surface area contributed by atoms with E-state index >= 15 is 0 Å². The van der Waals surface area contributed by atoms with Gasteiger partial charge in [0, 0.05) is 12.1 Å². The van der Waals surface area contributed by atoms with Crippen molar-refractivity contribution in [1.29, 1.82) is 0 Å². The third-order valence-corrected chi connectivity index (χ3v) is 2.46. The van der Waals surface area contributed by atoms with E-state index in [1.54, 1.807) is 25.1 Å². The van der Waals surface area contributed by atoms with Gasteiger partial charge in [-0.3, -0.25) is 4.79 Å². The largest absolute Gasteiger partial charge is 0.463 e. The van der Waals surface area contributed by atoms with E-state index in [9.17, 15) is 4.79 Å². The molecule has 0 atom stereocenters. The molecular formula is C12H9N3O3. The molecule has 0 spiro atoms. The molecule has 1 N–H and O–H groups in total. The molecule has 0 saturated heterocycles. The van der Waals surface area contributed by atoms with E-state index in [-0.39, 0.29) is 5.56 Å². The molecule has 3 aromatic heterocycles. The van der Waals surface area contributed by atoms with E-state index in [1.165, 1.54) is 12.3 Å². The van der Waals surface area contributed by atoms with E-state index in [1.807, 2.05) is 0 Å². The van der Waals surface area contributed by atoms with Gasteiger partial charge in [0.1, 0.15) is 5.69 Å². The van der Waals surface area contributed by atoms with Crippen LogP contribution in [0.4, 0.5) is 0 Å². The van der Waals surface area contributed by atoms with Crippen molar-refractivity contribution in [3.05, 3.63) is 46.6 Å². The molecule has 0 radical (unpaired) electrons. The Hall–Kier alpha value is -2.63. The predicted molar refractivity (Wildman–Crippen MR) is 62.8 cm³/mol. The maximum Gasteiger partial charge on any atom is 0.264 e. The van der Waals surface area contributed by atoms with E-state index in [0.29, 0.717) is 22.8 Å². The lowest BCUT2D eigenvalue weighted by Crippen LogP contribution is -2.08. The summed E-state index contributed by atoms with van der Waals surface area (Å²) in [5, 5.41) is 10.2. The van der Waals surface area contributed by atoms with Crippen LogP contribution in [0.15, 0.2) is 44.3 Å². The molecule has 0 bridgehead atoms. The molecule has 3 aromatic rings. The van der Waals surface area contributed by atoms with Crippen molar-refractivity contribution >= 4 is 0 Å². The van der Waals surface area contributed by atoms with Gasteiger partial charge in [-0.1, -0.05) is 5.16 Å². The van der Waals surface area contributed by atoms with E-state index in [2.05, 4.69) is 15.4 Å². The van der Waals surface area contributed by atoms with Crippen LogP contribution in [-0.4, -0.2) is 15.4 Å². The summed E-state index contributed by atoms with van der Waals surface area (Å²) in [5.41, 5.74) is 1.48. The summed E-state index contributed by atoms with van der Waals surface area (Å²) in [7, 11) is 0. The second-order valence-corrected chi connectivity index (χ2v) is 3.80. The third kappa shape index (κ3) is 1.73. The SMILES string of the molecule is Cc1cc(-c2cc(=O)[nH]nc2-c2ccco2)on1. The number of aromatic amines is 1. The summed E-state index contributed by atoms with van der Waals surface area (Å²) in [4.78, 5) is 11.4. The van der Waals surface area contributed by atoms with Crippen LogP contribution in [0, 0.1) is 6.92 Å². The van der Waals surface area contributed by atoms with Crippen LogP contribution >= 0.6 is 0 Å². The highest BCUT2D eigenvalue weighted by Gasteiger charge is 2.15. The number of nitrogens with zero attached hydrogens (tertiary/aromatic N) is 2. The average molecular weight is 243 g/mol. The Morgan fingerprint density at radius 3 is 2.83 bits per heavy atom. The Morgan fingerprint density at radius 2 is 2.17 bits per heavy atom. The molecule has 0 aliphatic rings. The van der Waals surface area contributed by atoms with Gasteiger partial charge in [0.25, 0.3) is 5.56 Å². The van der Waals surface area contributed by atoms with Crippen LogP contribution in [-0.2, 0) is 0 Å². The average Bonchev–Trinajstić information content (AvgIpc) is 2.99. The summed E-state index contributed by atoms with van der Waals surface area (Å²) in [6.07, 6.45) is 1.54. The van der Waals surface area contributed by atoms with E-state index in [4.69, 9.17) is 8.94 Å². The third-order valence-electron chi connectivity index (χ3n) is 2.46. The van der Waals surface area contributed by atoms with Crippen molar-refractivity contribution < 1.29 is 8.94 Å². The molecule has 0 amide bonds. The number of H-pyrrole nitrogens is 1. The molecule has 0 unspecified atom stereocenters. The van der Waals surface area contributed by atoms with Crippen LogP contribution in [0.2, 0.25) is 0 Å². The molecule has 0 fully saturated rings. The number of hydrogen-bond acceptors (Lipinski definition) is 5. The van der Waals surface area contributed by atoms with Gasteiger partial charge < -0.3 is 8.94 Å². The van der Waals surface area contributed by atoms with Crippen molar-refractivity contribution in [3.8, 4) is 22.8 Å². The normalized spacial score (nSPS) is 10.7. The lowest BCUT2D eigenvalue weighted by atomic mass is 10.1. The highest BCUT2D eigenvalue weighted by Crippen LogP contribution is 2.29. The Bertz CT molecular complexity index is 725. The molecule has 0 aliphatic carbocycles. The number of hydrogen-bond donors (Lipinski definition) is 1. The van der Waals surface area contributed by atoms with Crippen LogP contribution in [0.1, 0.15) is 5.69 Å². The van der Waals surface area contributed by atoms with Gasteiger partial charge in [0.2, 0.25) is 0 Å². The van der Waals surface area contributed by atoms with Crippen LogP contribution in [0.25, 0.3) is 22.8 Å². The van der Waals surface area contributed by atoms with Crippen LogP contribution < -0.4 is 5.56 Å². The number of furan rings is 1. The highest BCUT2D eigenvalue weighted by molar-refractivity contribution is 5.74. The first-order valence-electron chi connectivity index (χ1n) is 5.31. The zero-order valence-corrected chi connectivity index (χ0v) is 9.51. The van der Waals surface area contributed by atoms with Gasteiger partial charge in [0.15, 0.2) is 11.5 Å². The lowest BCUT2D eigenvalue weighted by Gasteiger charge is -2.01. The molecular weight excluding hydrogens is 234 g/mol. The fourth-order valence-corrected chi connectivity index (χ4v) is 1.68. The van der Waals surface area contributed by atoms with Crippen LogP contribution in [0.3, 0.4) is 0 Å². The summed E-state index contributed by atoms with van der Waals surface area (Å²) >= 11 is 0. The first-order chi connectivity index (χ1) is 8.74. The molecule has 0 saturated carbocycles. The van der Waals surface area contributed by atoms with Gasteiger partial charge in [-0.25, -0.2) is 5.10 Å². The minimum Gasteiger partial charge on any atom is -0.463 e. The van der Waals surface area contributed by atoms with Crippen molar-refractivity contribution in [3.63, 3.8) is 0 Å². The molecule has 3 heterocycles. The zero-order valence-electron chi connectivity index (χ0n) is 9.51. The van der Waals surface area contributed by atoms with Gasteiger partial charge in [-0.15, -0.1) is 0 Å². The molecule has 3 rings (SSSR count). The molecule has 90 valence electrons. The first-order valence-corrected chi connectivity index (χ1v) is 5.31. The second kappa shape index (κ2) is 3.99. The second-order valence-electron chi connectivity index (χ2n) is 3.80. The Labute approximate surface area is 101 Å². The Balaban J connectivity index is 2.24. The minimum atomic E-state index is -0.311. The molecule has 6 heteroatoms. The Morgan fingerprint density at radius 1 is 1.28 bits per heavy atom. The summed E-state index contributed by atoms with van der Waals surface area (Å²) in [5.74, 6) is 1.04. The number of nitrogens with one attached hydrogen (secondary N) is 1. The maximum atomic E-state index is 11.4. The maximum absolute atomic E-state index is 11.4. The lowest BCUT2D eigenvalue weighted by molar-refractivity contribution is 0.427. The smallest absolute Gasteiger partial charge is 0.264 e. The first kappa shape index (κ1) is 10.5. The topological polar surface area (TPSA) is 84.9 Å². The quantitative estimate of drug-likeness (QED) is 0.743. The molecule has 18 heavy (non-hydrogen) atoms. The minimum absolute atomic E-state index is 0.311. The molecule has 6 nitrogen and oxygen atoms in total. The fraction of sp³-hybridized carbons (Fsp3) is 0.0833. The van der Waals surface area contributed by atoms with Crippen molar-refractivity contribution in [2.45, 2.75) is 6.92 Å². The van der Waals surface area contributed by atoms with Gasteiger partial charge in [-0.2, -0.15) is 5.10 Å². The number of aryl methyl sites for hydroxylation is 1. The van der Waals surface area contributed by atoms with Crippen molar-refractivity contribution in [2.75, 3.05) is 0 Å². The Kier molecular flexibility index (Phi) is 2.33. The standard InChI is InChI=1S/C12H9N3O3/c1-7-5-10(18-15-7)8-6-11(16)13-14-12(8)9-3-2-4-17-9/h2-6H,1H3,(H,13,16). The predicted octanol–water partition coefficient (Wildman–Crippen LogP) is 1.99. The van der Waals surface area contributed by atoms with E-state index in [0.717, 1.165) is 5.69 Å². The van der Waals surface area contributed by atoms with E-state index < -0.39 is 0 Å². The fourth-order valence-electron chi connectivity index (χ4n) is 1.68. The number of aromatic nitrogens is 3. The summed E-state index contributed by atoms with van der Waals surface area (Å²) in [6.45, 7) is 1.81. The molecule has 0 aromatic carbocycles. The van der Waals surface area contributed by atoms with Crippen molar-refractivity contribution in [2.24, 2.45) is 0 Å². The van der Waals surface area contributed by atoms with Crippen molar-refractivity contribution in [1.82, 2.24) is 15.4 Å². The zero-order chi connectivity index (χ0) is 12.5. The number of rotatable bonds is 2. The van der Waals surface area contributed by atoms with Gasteiger partial charge >= 0.3 is 0 Å².